The van der Waals surface area contributed by atoms with Gasteiger partial charge >= 0.3 is 5.97 Å². The van der Waals surface area contributed by atoms with Crippen LogP contribution in [0.1, 0.15) is 16.1 Å². The summed E-state index contributed by atoms with van der Waals surface area (Å²) in [5, 5.41) is 8.79. The first-order valence-corrected chi connectivity index (χ1v) is 5.12. The van der Waals surface area contributed by atoms with Gasteiger partial charge in [-0.05, 0) is 29.8 Å². The molecule has 0 aliphatic rings. The number of hydrogen-bond donors (Lipinski definition) is 1. The Morgan fingerprint density at radius 1 is 1.24 bits per heavy atom. The number of hydrogen-bond acceptors (Lipinski definition) is 3. The van der Waals surface area contributed by atoms with Crippen molar-refractivity contribution in [2.24, 2.45) is 0 Å². The van der Waals surface area contributed by atoms with Crippen molar-refractivity contribution >= 4 is 5.97 Å². The van der Waals surface area contributed by atoms with E-state index in [2.05, 4.69) is 4.98 Å². The minimum Gasteiger partial charge on any atom is -0.489 e. The molecule has 17 heavy (non-hydrogen) atoms. The first-order valence-electron chi connectivity index (χ1n) is 5.12. The second-order valence-electron chi connectivity index (χ2n) is 3.46. The van der Waals surface area contributed by atoms with Gasteiger partial charge in [0.2, 0.25) is 0 Å². The molecule has 0 saturated heterocycles. The van der Waals surface area contributed by atoms with Crippen molar-refractivity contribution in [3.05, 3.63) is 59.9 Å². The number of carbonyl (C=O) groups is 1. The third-order valence-corrected chi connectivity index (χ3v) is 2.19. The Morgan fingerprint density at radius 3 is 2.71 bits per heavy atom. The maximum absolute atomic E-state index is 10.7. The van der Waals surface area contributed by atoms with E-state index in [9.17, 15) is 4.79 Å². The maximum Gasteiger partial charge on any atom is 0.354 e. The van der Waals surface area contributed by atoms with Gasteiger partial charge in [0.15, 0.2) is 0 Å². The molecular formula is C13H11NO3. The van der Waals surface area contributed by atoms with Crippen molar-refractivity contribution in [2.45, 2.75) is 6.61 Å². The maximum atomic E-state index is 10.7. The van der Waals surface area contributed by atoms with Crippen LogP contribution in [-0.4, -0.2) is 16.1 Å². The highest BCUT2D eigenvalue weighted by molar-refractivity contribution is 5.85. The van der Waals surface area contributed by atoms with E-state index in [0.717, 1.165) is 11.3 Å². The van der Waals surface area contributed by atoms with Crippen molar-refractivity contribution in [1.29, 1.82) is 0 Å². The predicted molar refractivity (Wildman–Crippen MR) is 62.0 cm³/mol. The zero-order valence-corrected chi connectivity index (χ0v) is 9.04. The Bertz CT molecular complexity index is 511. The monoisotopic (exact) mass is 229 g/mol. The third-order valence-electron chi connectivity index (χ3n) is 2.19. The lowest BCUT2D eigenvalue weighted by atomic mass is 10.2. The summed E-state index contributed by atoms with van der Waals surface area (Å²) in [7, 11) is 0. The van der Waals surface area contributed by atoms with Crippen molar-refractivity contribution < 1.29 is 14.6 Å². The zero-order valence-electron chi connectivity index (χ0n) is 9.04. The van der Waals surface area contributed by atoms with Crippen LogP contribution >= 0.6 is 0 Å². The Kier molecular flexibility index (Phi) is 3.35. The highest BCUT2D eigenvalue weighted by atomic mass is 16.5. The SMILES string of the molecule is O=C(O)c1cc(COc2ccccc2)ccn1. The third kappa shape index (κ3) is 3.04. The van der Waals surface area contributed by atoms with Gasteiger partial charge in [-0.15, -0.1) is 0 Å². The summed E-state index contributed by atoms with van der Waals surface area (Å²) in [5.41, 5.74) is 0.806. The lowest BCUT2D eigenvalue weighted by Gasteiger charge is -2.06. The molecule has 4 nitrogen and oxygen atoms in total. The average molecular weight is 229 g/mol. The van der Waals surface area contributed by atoms with Crippen LogP contribution in [0.15, 0.2) is 48.7 Å². The topological polar surface area (TPSA) is 59.4 Å². The number of aromatic carboxylic acids is 1. The zero-order chi connectivity index (χ0) is 12.1. The molecule has 0 amide bonds. The Morgan fingerprint density at radius 2 is 2.00 bits per heavy atom. The Hall–Kier alpha value is -2.36. The summed E-state index contributed by atoms with van der Waals surface area (Å²) in [4.78, 5) is 14.5. The largest absolute Gasteiger partial charge is 0.489 e. The number of aromatic nitrogens is 1. The van der Waals surface area contributed by atoms with E-state index in [1.54, 1.807) is 6.07 Å². The number of rotatable bonds is 4. The summed E-state index contributed by atoms with van der Waals surface area (Å²) in [5.74, 6) is -0.284. The molecule has 0 bridgehead atoms. The molecule has 2 rings (SSSR count). The lowest BCUT2D eigenvalue weighted by Crippen LogP contribution is -2.02. The van der Waals surface area contributed by atoms with E-state index in [0.29, 0.717) is 6.61 Å². The fourth-order valence-corrected chi connectivity index (χ4v) is 1.36. The summed E-state index contributed by atoms with van der Waals surface area (Å²) >= 11 is 0. The number of carboxylic acids is 1. The van der Waals surface area contributed by atoms with E-state index < -0.39 is 5.97 Å². The summed E-state index contributed by atoms with van der Waals surface area (Å²) in [6.45, 7) is 0.326. The van der Waals surface area contributed by atoms with Gasteiger partial charge < -0.3 is 9.84 Å². The number of pyridine rings is 1. The molecule has 86 valence electrons. The normalized spacial score (nSPS) is 9.88. The average Bonchev–Trinajstić information content (AvgIpc) is 2.38. The standard InChI is InChI=1S/C13H11NO3/c15-13(16)12-8-10(6-7-14-12)9-17-11-4-2-1-3-5-11/h1-8H,9H2,(H,15,16). The molecule has 0 aliphatic heterocycles. The van der Waals surface area contributed by atoms with Crippen LogP contribution in [-0.2, 0) is 6.61 Å². The van der Waals surface area contributed by atoms with Crippen LogP contribution in [0, 0.1) is 0 Å². The van der Waals surface area contributed by atoms with Crippen LogP contribution in [0.2, 0.25) is 0 Å². The molecular weight excluding hydrogens is 218 g/mol. The Balaban J connectivity index is 2.04. The first-order chi connectivity index (χ1) is 8.25. The molecule has 0 saturated carbocycles. The number of nitrogens with zero attached hydrogens (tertiary/aromatic N) is 1. The minimum absolute atomic E-state index is 0.0270. The van der Waals surface area contributed by atoms with Crippen LogP contribution in [0.3, 0.4) is 0 Å². The molecule has 1 heterocycles. The van der Waals surface area contributed by atoms with Gasteiger partial charge in [0.1, 0.15) is 18.1 Å². The van der Waals surface area contributed by atoms with Crippen LogP contribution in [0.4, 0.5) is 0 Å². The van der Waals surface area contributed by atoms with Gasteiger partial charge in [-0.1, -0.05) is 18.2 Å². The first kappa shape index (κ1) is 11.1. The molecule has 0 aliphatic carbocycles. The highest BCUT2D eigenvalue weighted by Gasteiger charge is 2.05. The van der Waals surface area contributed by atoms with Crippen molar-refractivity contribution in [3.63, 3.8) is 0 Å². The van der Waals surface area contributed by atoms with Crippen molar-refractivity contribution in [2.75, 3.05) is 0 Å². The molecule has 1 aromatic carbocycles. The van der Waals surface area contributed by atoms with Crippen molar-refractivity contribution in [3.8, 4) is 5.75 Å². The molecule has 0 atom stereocenters. The second-order valence-corrected chi connectivity index (χ2v) is 3.46. The van der Waals surface area contributed by atoms with E-state index >= 15 is 0 Å². The molecule has 1 N–H and O–H groups in total. The van der Waals surface area contributed by atoms with Gasteiger partial charge in [-0.25, -0.2) is 9.78 Å². The fraction of sp³-hybridized carbons (Fsp3) is 0.0769. The van der Waals surface area contributed by atoms with Crippen molar-refractivity contribution in [1.82, 2.24) is 4.98 Å². The molecule has 0 radical (unpaired) electrons. The minimum atomic E-state index is -1.04. The lowest BCUT2D eigenvalue weighted by molar-refractivity contribution is 0.0690. The van der Waals surface area contributed by atoms with Gasteiger partial charge in [0, 0.05) is 6.20 Å². The van der Waals surface area contributed by atoms with Gasteiger partial charge in [0.05, 0.1) is 0 Å². The van der Waals surface area contributed by atoms with Crippen LogP contribution < -0.4 is 4.74 Å². The molecule has 0 unspecified atom stereocenters. The van der Waals surface area contributed by atoms with Gasteiger partial charge in [-0.2, -0.15) is 0 Å². The number of para-hydroxylation sites is 1. The van der Waals surface area contributed by atoms with Gasteiger partial charge in [0.25, 0.3) is 0 Å². The Labute approximate surface area is 98.5 Å². The smallest absolute Gasteiger partial charge is 0.354 e. The molecule has 4 heteroatoms. The number of carboxylic acid groups (broad SMARTS) is 1. The van der Waals surface area contributed by atoms with E-state index in [4.69, 9.17) is 9.84 Å². The highest BCUT2D eigenvalue weighted by Crippen LogP contribution is 2.11. The molecule has 0 spiro atoms. The van der Waals surface area contributed by atoms with Crippen LogP contribution in [0.25, 0.3) is 0 Å². The summed E-state index contributed by atoms with van der Waals surface area (Å²) in [6, 6.07) is 12.6. The van der Waals surface area contributed by atoms with Gasteiger partial charge in [-0.3, -0.25) is 0 Å². The summed E-state index contributed by atoms with van der Waals surface area (Å²) in [6.07, 6.45) is 1.47. The molecule has 2 aromatic rings. The van der Waals surface area contributed by atoms with E-state index in [1.165, 1.54) is 12.3 Å². The number of benzene rings is 1. The van der Waals surface area contributed by atoms with E-state index in [-0.39, 0.29) is 5.69 Å². The quantitative estimate of drug-likeness (QED) is 0.874. The molecule has 1 aromatic heterocycles. The number of ether oxygens (including phenoxy) is 1. The second kappa shape index (κ2) is 5.12. The van der Waals surface area contributed by atoms with Crippen LogP contribution in [0.5, 0.6) is 5.75 Å². The summed E-state index contributed by atoms with van der Waals surface area (Å²) < 4.78 is 5.51. The molecule has 0 fully saturated rings. The predicted octanol–water partition coefficient (Wildman–Crippen LogP) is 2.36. The van der Waals surface area contributed by atoms with E-state index in [1.807, 2.05) is 30.3 Å². The fourth-order valence-electron chi connectivity index (χ4n) is 1.36.